The van der Waals surface area contributed by atoms with Gasteiger partial charge in [-0.2, -0.15) is 9.78 Å². The maximum Gasteiger partial charge on any atom is 0.337 e. The highest BCUT2D eigenvalue weighted by atomic mass is 16.4. The molecule has 0 radical (unpaired) electrons. The van der Waals surface area contributed by atoms with E-state index in [2.05, 4.69) is 35.5 Å². The molecule has 0 fully saturated rings. The van der Waals surface area contributed by atoms with Gasteiger partial charge in [0.25, 0.3) is 17.5 Å². The Bertz CT molecular complexity index is 1930. The van der Waals surface area contributed by atoms with Gasteiger partial charge in [0.05, 0.1) is 35.1 Å². The number of fused-ring (bicyclic) bond motifs is 1. The van der Waals surface area contributed by atoms with Gasteiger partial charge >= 0.3 is 11.9 Å². The molecule has 1 amide bonds. The van der Waals surface area contributed by atoms with Gasteiger partial charge in [0.1, 0.15) is 5.69 Å². The summed E-state index contributed by atoms with van der Waals surface area (Å²) in [5, 5.41) is 45.5. The van der Waals surface area contributed by atoms with Crippen LogP contribution in [0.5, 0.6) is 5.75 Å². The molecule has 0 unspecified atom stereocenters. The number of carbonyl (C=O) groups is 3. The second kappa shape index (κ2) is 10.7. The fraction of sp³-hybridized carbons (Fsp3) is 0. The van der Waals surface area contributed by atoms with E-state index in [4.69, 9.17) is 6.57 Å². The highest BCUT2D eigenvalue weighted by molar-refractivity contribution is 6.17. The van der Waals surface area contributed by atoms with E-state index in [0.717, 1.165) is 18.2 Å². The Morgan fingerprint density at radius 3 is 2.41 bits per heavy atom. The molecule has 41 heavy (non-hydrogen) atoms. The highest BCUT2D eigenvalue weighted by Crippen LogP contribution is 2.39. The van der Waals surface area contributed by atoms with Crippen molar-refractivity contribution in [2.75, 3.05) is 5.32 Å². The van der Waals surface area contributed by atoms with Gasteiger partial charge in [0, 0.05) is 12.4 Å². The Hall–Kier alpha value is -6.49. The number of phenols is 1. The Morgan fingerprint density at radius 2 is 1.71 bits per heavy atom. The number of amides is 1. The standard InChI is InChI=1S/C27H16N8O6/c1-28-20-13-31-35(27-29-9-4-10-30-27)23(20)34-33-19-12-14-5-2-3-6-16(14)21(22(19)36)24(37)32-18-8-7-15(25(38)39)11-17(18)26(40)41/h2-13,36H,(H,32,37)(H,38,39)(H,40,41). The zero-order valence-corrected chi connectivity index (χ0v) is 20.6. The molecule has 200 valence electrons. The van der Waals surface area contributed by atoms with Gasteiger partial charge in [-0.05, 0) is 41.1 Å². The Morgan fingerprint density at radius 1 is 0.951 bits per heavy atom. The number of rotatable bonds is 7. The van der Waals surface area contributed by atoms with E-state index in [-0.39, 0.29) is 40.0 Å². The van der Waals surface area contributed by atoms with Crippen LogP contribution in [0.2, 0.25) is 0 Å². The van der Waals surface area contributed by atoms with Crippen molar-refractivity contribution in [3.05, 3.63) is 101 Å². The van der Waals surface area contributed by atoms with Crippen LogP contribution in [-0.2, 0) is 0 Å². The predicted molar refractivity (Wildman–Crippen MR) is 144 cm³/mol. The van der Waals surface area contributed by atoms with E-state index < -0.39 is 29.2 Å². The highest BCUT2D eigenvalue weighted by Gasteiger charge is 2.23. The van der Waals surface area contributed by atoms with Crippen molar-refractivity contribution in [1.82, 2.24) is 19.7 Å². The number of hydrogen-bond donors (Lipinski definition) is 4. The summed E-state index contributed by atoms with van der Waals surface area (Å²) in [6, 6.07) is 12.9. The number of aromatic carboxylic acids is 2. The van der Waals surface area contributed by atoms with Crippen LogP contribution in [0.25, 0.3) is 21.6 Å². The molecule has 2 aromatic heterocycles. The van der Waals surface area contributed by atoms with Gasteiger partial charge in [0.2, 0.25) is 0 Å². The molecular weight excluding hydrogens is 532 g/mol. The lowest BCUT2D eigenvalue weighted by Gasteiger charge is -2.13. The number of benzene rings is 3. The maximum atomic E-state index is 13.4. The number of nitrogens with zero attached hydrogens (tertiary/aromatic N) is 7. The molecule has 0 aliphatic carbocycles. The number of phenolic OH excluding ortho intramolecular Hbond substituents is 1. The minimum atomic E-state index is -1.46. The molecular formula is C27H16N8O6. The first-order chi connectivity index (χ1) is 19.8. The molecule has 0 spiro atoms. The fourth-order valence-corrected chi connectivity index (χ4v) is 3.93. The van der Waals surface area contributed by atoms with Gasteiger partial charge in [-0.1, -0.05) is 24.3 Å². The summed E-state index contributed by atoms with van der Waals surface area (Å²) in [7, 11) is 0. The lowest BCUT2D eigenvalue weighted by atomic mass is 10.0. The number of carboxylic acids is 2. The number of anilines is 1. The molecule has 4 N–H and O–H groups in total. The third-order valence-electron chi connectivity index (χ3n) is 5.81. The maximum absolute atomic E-state index is 13.4. The fourth-order valence-electron chi connectivity index (χ4n) is 3.93. The van der Waals surface area contributed by atoms with Gasteiger partial charge < -0.3 is 20.6 Å². The van der Waals surface area contributed by atoms with E-state index >= 15 is 0 Å². The minimum absolute atomic E-state index is 0.0191. The van der Waals surface area contributed by atoms with Crippen molar-refractivity contribution in [3.63, 3.8) is 0 Å². The molecule has 14 heteroatoms. The van der Waals surface area contributed by atoms with E-state index in [1.54, 1.807) is 30.3 Å². The average molecular weight is 548 g/mol. The number of aromatic hydroxyl groups is 1. The lowest BCUT2D eigenvalue weighted by molar-refractivity contribution is 0.0696. The molecule has 0 bridgehead atoms. The van der Waals surface area contributed by atoms with Gasteiger partial charge in [-0.25, -0.2) is 24.4 Å². The summed E-state index contributed by atoms with van der Waals surface area (Å²) >= 11 is 0. The topological polar surface area (TPSA) is 197 Å². The van der Waals surface area contributed by atoms with E-state index in [0.29, 0.717) is 10.8 Å². The Kier molecular flexibility index (Phi) is 6.82. The number of nitrogens with one attached hydrogen (secondary N) is 1. The molecule has 0 atom stereocenters. The third kappa shape index (κ3) is 5.01. The largest absolute Gasteiger partial charge is 0.505 e. The van der Waals surface area contributed by atoms with Crippen molar-refractivity contribution in [3.8, 4) is 11.7 Å². The summed E-state index contributed by atoms with van der Waals surface area (Å²) in [6.45, 7) is 7.43. The van der Waals surface area contributed by atoms with Crippen molar-refractivity contribution >= 4 is 51.5 Å². The molecule has 2 heterocycles. The summed E-state index contributed by atoms with van der Waals surface area (Å²) in [4.78, 5) is 48.1. The van der Waals surface area contributed by atoms with E-state index in [1.807, 2.05) is 0 Å². The number of hydrogen-bond acceptors (Lipinski definition) is 9. The Labute approximate surface area is 229 Å². The second-order valence-corrected chi connectivity index (χ2v) is 8.29. The van der Waals surface area contributed by atoms with Crippen molar-refractivity contribution in [2.45, 2.75) is 0 Å². The van der Waals surface area contributed by atoms with E-state index in [9.17, 15) is 29.7 Å². The summed E-state index contributed by atoms with van der Waals surface area (Å²) in [6.07, 6.45) is 4.22. The average Bonchev–Trinajstić information content (AvgIpc) is 3.39. The van der Waals surface area contributed by atoms with Crippen LogP contribution >= 0.6 is 0 Å². The van der Waals surface area contributed by atoms with Gasteiger partial charge in [-0.3, -0.25) is 4.79 Å². The third-order valence-corrected chi connectivity index (χ3v) is 5.81. The Balaban J connectivity index is 1.59. The zero-order chi connectivity index (χ0) is 29.1. The molecule has 5 rings (SSSR count). The SMILES string of the molecule is [C-]#[N+]c1cnn(-c2ncccn2)c1N=Nc1cc2ccccc2c(C(=O)Nc2ccc(C(=O)O)cc2C(=O)O)c1O. The van der Waals surface area contributed by atoms with Crippen molar-refractivity contribution < 1.29 is 29.7 Å². The predicted octanol–water partition coefficient (Wildman–Crippen LogP) is 5.14. The smallest absolute Gasteiger partial charge is 0.337 e. The number of carboxylic acid groups (broad SMARTS) is 2. The van der Waals surface area contributed by atoms with Crippen LogP contribution in [0.15, 0.2) is 83.4 Å². The normalized spacial score (nSPS) is 10.9. The number of aromatic nitrogens is 4. The van der Waals surface area contributed by atoms with Gasteiger partial charge in [0.15, 0.2) is 11.6 Å². The molecule has 0 saturated carbocycles. The van der Waals surface area contributed by atoms with Crippen LogP contribution in [0.1, 0.15) is 31.1 Å². The van der Waals surface area contributed by atoms with Crippen LogP contribution in [0, 0.1) is 6.57 Å². The first-order valence-electron chi connectivity index (χ1n) is 11.6. The van der Waals surface area contributed by atoms with E-state index in [1.165, 1.54) is 29.3 Å². The minimum Gasteiger partial charge on any atom is -0.505 e. The summed E-state index contributed by atoms with van der Waals surface area (Å²) < 4.78 is 1.19. The first kappa shape index (κ1) is 26.1. The van der Waals surface area contributed by atoms with Gasteiger partial charge in [-0.15, -0.1) is 10.2 Å². The number of azo groups is 1. The monoisotopic (exact) mass is 548 g/mol. The quantitative estimate of drug-likeness (QED) is 0.157. The molecule has 0 aliphatic rings. The molecule has 0 saturated heterocycles. The van der Waals surface area contributed by atoms with Crippen molar-refractivity contribution in [2.24, 2.45) is 10.2 Å². The molecule has 5 aromatic rings. The second-order valence-electron chi connectivity index (χ2n) is 8.29. The molecule has 3 aromatic carbocycles. The summed E-state index contributed by atoms with van der Waals surface area (Å²) in [5.74, 6) is -4.15. The first-order valence-corrected chi connectivity index (χ1v) is 11.6. The molecule has 0 aliphatic heterocycles. The zero-order valence-electron chi connectivity index (χ0n) is 20.6. The van der Waals surface area contributed by atoms with Crippen molar-refractivity contribution in [1.29, 1.82) is 0 Å². The van der Waals surface area contributed by atoms with Crippen LogP contribution in [-0.4, -0.2) is 52.9 Å². The number of carbonyl (C=O) groups excluding carboxylic acids is 1. The van der Waals surface area contributed by atoms with Crippen LogP contribution in [0.3, 0.4) is 0 Å². The van der Waals surface area contributed by atoms with Crippen LogP contribution in [0.4, 0.5) is 22.9 Å². The van der Waals surface area contributed by atoms with Crippen LogP contribution < -0.4 is 5.32 Å². The summed E-state index contributed by atoms with van der Waals surface area (Å²) in [5.41, 5.74) is -1.26. The lowest BCUT2D eigenvalue weighted by Crippen LogP contribution is -2.16. The molecule has 14 nitrogen and oxygen atoms in total.